The van der Waals surface area contributed by atoms with Gasteiger partial charge < -0.3 is 5.32 Å². The summed E-state index contributed by atoms with van der Waals surface area (Å²) < 4.78 is 12.9. The van der Waals surface area contributed by atoms with Gasteiger partial charge in [0.25, 0.3) is 11.8 Å². The monoisotopic (exact) mass is 265 g/mol. The standard InChI is InChI=1S/C12H12FN3O3/c1-16-10(17)6-5-8(12(16)19)15-11(18)7-3-2-4-9(13)14-7/h2-4,8H,5-6H2,1H3,(H,15,18). The minimum Gasteiger partial charge on any atom is -0.339 e. The van der Waals surface area contributed by atoms with Crippen molar-refractivity contribution < 1.29 is 18.8 Å². The van der Waals surface area contributed by atoms with Gasteiger partial charge in [-0.25, -0.2) is 4.98 Å². The molecule has 0 radical (unpaired) electrons. The molecule has 19 heavy (non-hydrogen) atoms. The zero-order chi connectivity index (χ0) is 14.0. The zero-order valence-electron chi connectivity index (χ0n) is 10.2. The van der Waals surface area contributed by atoms with Crippen molar-refractivity contribution in [2.24, 2.45) is 0 Å². The molecule has 1 unspecified atom stereocenters. The molecule has 2 heterocycles. The molecule has 1 aliphatic rings. The highest BCUT2D eigenvalue weighted by molar-refractivity contribution is 6.03. The van der Waals surface area contributed by atoms with Gasteiger partial charge in [0.05, 0.1) is 0 Å². The van der Waals surface area contributed by atoms with Crippen molar-refractivity contribution in [3.8, 4) is 0 Å². The number of likely N-dealkylation sites (N-methyl/N-ethyl adjacent to an activating group) is 1. The van der Waals surface area contributed by atoms with Crippen LogP contribution in [0.25, 0.3) is 0 Å². The molecule has 1 fully saturated rings. The van der Waals surface area contributed by atoms with Crippen molar-refractivity contribution in [1.29, 1.82) is 0 Å². The summed E-state index contributed by atoms with van der Waals surface area (Å²) in [5.74, 6) is -2.16. The van der Waals surface area contributed by atoms with E-state index in [1.165, 1.54) is 19.2 Å². The Labute approximate surface area is 108 Å². The number of aromatic nitrogens is 1. The third-order valence-electron chi connectivity index (χ3n) is 2.90. The summed E-state index contributed by atoms with van der Waals surface area (Å²) in [5, 5.41) is 2.45. The first-order valence-electron chi connectivity index (χ1n) is 5.73. The summed E-state index contributed by atoms with van der Waals surface area (Å²) in [6.45, 7) is 0. The van der Waals surface area contributed by atoms with Gasteiger partial charge in [-0.15, -0.1) is 0 Å². The van der Waals surface area contributed by atoms with Crippen molar-refractivity contribution in [3.63, 3.8) is 0 Å². The molecule has 0 bridgehead atoms. The topological polar surface area (TPSA) is 79.4 Å². The molecule has 7 heteroatoms. The van der Waals surface area contributed by atoms with Crippen LogP contribution in [0.1, 0.15) is 23.3 Å². The van der Waals surface area contributed by atoms with Gasteiger partial charge >= 0.3 is 0 Å². The number of amides is 3. The van der Waals surface area contributed by atoms with Crippen molar-refractivity contribution in [2.45, 2.75) is 18.9 Å². The molecule has 1 aromatic rings. The van der Waals surface area contributed by atoms with Gasteiger partial charge in [-0.2, -0.15) is 4.39 Å². The van der Waals surface area contributed by atoms with Crippen LogP contribution in [0.5, 0.6) is 0 Å². The molecule has 0 aromatic carbocycles. The van der Waals surface area contributed by atoms with E-state index in [-0.39, 0.29) is 24.4 Å². The van der Waals surface area contributed by atoms with E-state index in [1.54, 1.807) is 0 Å². The molecule has 1 aliphatic heterocycles. The van der Waals surface area contributed by atoms with Gasteiger partial charge in [0.15, 0.2) is 0 Å². The van der Waals surface area contributed by atoms with E-state index in [0.29, 0.717) is 0 Å². The summed E-state index contributed by atoms with van der Waals surface area (Å²) in [6, 6.07) is 3.05. The Hall–Kier alpha value is -2.31. The third kappa shape index (κ3) is 2.75. The predicted octanol–water partition coefficient (Wildman–Crippen LogP) is 0.0979. The number of nitrogens with zero attached hydrogens (tertiary/aromatic N) is 2. The molecule has 0 spiro atoms. The van der Waals surface area contributed by atoms with Gasteiger partial charge in [0, 0.05) is 13.5 Å². The highest BCUT2D eigenvalue weighted by Crippen LogP contribution is 2.12. The molecule has 3 amide bonds. The Morgan fingerprint density at radius 1 is 1.47 bits per heavy atom. The van der Waals surface area contributed by atoms with E-state index in [4.69, 9.17) is 0 Å². The van der Waals surface area contributed by atoms with E-state index in [9.17, 15) is 18.8 Å². The number of rotatable bonds is 2. The van der Waals surface area contributed by atoms with Gasteiger partial charge in [-0.1, -0.05) is 6.07 Å². The van der Waals surface area contributed by atoms with E-state index in [0.717, 1.165) is 11.0 Å². The second-order valence-electron chi connectivity index (χ2n) is 4.20. The third-order valence-corrected chi connectivity index (χ3v) is 2.90. The fraction of sp³-hybridized carbons (Fsp3) is 0.333. The molecular formula is C12H12FN3O3. The lowest BCUT2D eigenvalue weighted by atomic mass is 10.0. The van der Waals surface area contributed by atoms with Crippen LogP contribution in [0.15, 0.2) is 18.2 Å². The van der Waals surface area contributed by atoms with E-state index < -0.39 is 23.8 Å². The predicted molar refractivity (Wildman–Crippen MR) is 62.5 cm³/mol. The van der Waals surface area contributed by atoms with Gasteiger partial charge in [-0.05, 0) is 18.6 Å². The van der Waals surface area contributed by atoms with Crippen LogP contribution in [-0.4, -0.2) is 40.7 Å². The Balaban J connectivity index is 2.07. The molecule has 1 atom stereocenters. The SMILES string of the molecule is CN1C(=O)CCC(NC(=O)c2cccc(F)n2)C1=O. The maximum absolute atomic E-state index is 12.9. The van der Waals surface area contributed by atoms with Crippen LogP contribution in [0, 0.1) is 5.95 Å². The summed E-state index contributed by atoms with van der Waals surface area (Å²) in [7, 11) is 1.36. The average Bonchev–Trinajstić information content (AvgIpc) is 2.39. The van der Waals surface area contributed by atoms with Crippen molar-refractivity contribution in [3.05, 3.63) is 29.8 Å². The number of likely N-dealkylation sites (tertiary alicyclic amines) is 1. The number of piperidine rings is 1. The van der Waals surface area contributed by atoms with Crippen molar-refractivity contribution >= 4 is 17.7 Å². The first-order chi connectivity index (χ1) is 8.99. The Morgan fingerprint density at radius 3 is 2.89 bits per heavy atom. The largest absolute Gasteiger partial charge is 0.339 e. The number of imide groups is 1. The van der Waals surface area contributed by atoms with E-state index in [2.05, 4.69) is 10.3 Å². The number of pyridine rings is 1. The normalized spacial score (nSPS) is 19.5. The lowest BCUT2D eigenvalue weighted by molar-refractivity contribution is -0.147. The van der Waals surface area contributed by atoms with Crippen LogP contribution in [0.4, 0.5) is 4.39 Å². The summed E-state index contributed by atoms with van der Waals surface area (Å²) in [4.78, 5) is 39.3. The molecule has 0 saturated carbocycles. The second-order valence-corrected chi connectivity index (χ2v) is 4.20. The summed E-state index contributed by atoms with van der Waals surface area (Å²) in [5.41, 5.74) is -0.104. The van der Waals surface area contributed by atoms with Gasteiger partial charge in [0.1, 0.15) is 11.7 Å². The maximum atomic E-state index is 12.9. The van der Waals surface area contributed by atoms with Crippen molar-refractivity contribution in [2.75, 3.05) is 7.05 Å². The van der Waals surface area contributed by atoms with Crippen LogP contribution in [-0.2, 0) is 9.59 Å². The van der Waals surface area contributed by atoms with Crippen molar-refractivity contribution in [1.82, 2.24) is 15.2 Å². The molecule has 1 aromatic heterocycles. The zero-order valence-corrected chi connectivity index (χ0v) is 10.2. The molecule has 100 valence electrons. The highest BCUT2D eigenvalue weighted by Gasteiger charge is 2.32. The first kappa shape index (κ1) is 13.1. The van der Waals surface area contributed by atoms with Crippen LogP contribution in [0.3, 0.4) is 0 Å². The Bertz CT molecular complexity index is 547. The van der Waals surface area contributed by atoms with Crippen LogP contribution in [0.2, 0.25) is 0 Å². The molecule has 1 N–H and O–H groups in total. The Morgan fingerprint density at radius 2 is 2.21 bits per heavy atom. The number of hydrogen-bond donors (Lipinski definition) is 1. The maximum Gasteiger partial charge on any atom is 0.270 e. The first-order valence-corrected chi connectivity index (χ1v) is 5.73. The quantitative estimate of drug-likeness (QED) is 0.607. The number of nitrogens with one attached hydrogen (secondary N) is 1. The van der Waals surface area contributed by atoms with Crippen LogP contribution >= 0.6 is 0 Å². The molecule has 0 aliphatic carbocycles. The number of carbonyl (C=O) groups is 3. The number of halogens is 1. The van der Waals surface area contributed by atoms with Gasteiger partial charge in [0.2, 0.25) is 11.9 Å². The van der Waals surface area contributed by atoms with E-state index >= 15 is 0 Å². The lowest BCUT2D eigenvalue weighted by Gasteiger charge is -2.27. The molecular weight excluding hydrogens is 253 g/mol. The minimum atomic E-state index is -0.778. The fourth-order valence-corrected chi connectivity index (χ4v) is 1.82. The average molecular weight is 265 g/mol. The second kappa shape index (κ2) is 5.13. The number of carbonyl (C=O) groups excluding carboxylic acids is 3. The molecule has 2 rings (SSSR count). The highest BCUT2D eigenvalue weighted by atomic mass is 19.1. The molecule has 6 nitrogen and oxygen atoms in total. The van der Waals surface area contributed by atoms with E-state index in [1.807, 2.05) is 0 Å². The molecule has 1 saturated heterocycles. The number of hydrogen-bond acceptors (Lipinski definition) is 4. The minimum absolute atomic E-state index is 0.104. The summed E-state index contributed by atoms with van der Waals surface area (Å²) in [6.07, 6.45) is 0.423. The van der Waals surface area contributed by atoms with Crippen LogP contribution < -0.4 is 5.32 Å². The Kier molecular flexibility index (Phi) is 3.55. The smallest absolute Gasteiger partial charge is 0.270 e. The lowest BCUT2D eigenvalue weighted by Crippen LogP contribution is -2.53. The van der Waals surface area contributed by atoms with Gasteiger partial charge in [-0.3, -0.25) is 19.3 Å². The fourth-order valence-electron chi connectivity index (χ4n) is 1.82. The summed E-state index contributed by atoms with van der Waals surface area (Å²) >= 11 is 0.